The molecule has 1 saturated heterocycles. The molecule has 1 unspecified atom stereocenters. The van der Waals surface area contributed by atoms with Crippen LogP contribution in [0.3, 0.4) is 0 Å². The molecule has 1 aromatic rings. The van der Waals surface area contributed by atoms with Crippen LogP contribution in [-0.4, -0.2) is 25.2 Å². The largest absolute Gasteiger partial charge is 0.496 e. The highest BCUT2D eigenvalue weighted by molar-refractivity contribution is 5.36. The fraction of sp³-hybridized carbons (Fsp3) is 0.600. The van der Waals surface area contributed by atoms with E-state index in [1.165, 1.54) is 17.5 Å². The van der Waals surface area contributed by atoms with E-state index < -0.39 is 0 Å². The molecule has 0 radical (unpaired) electrons. The topological polar surface area (TPSA) is 33.3 Å². The number of benzene rings is 1. The van der Waals surface area contributed by atoms with E-state index in [0.29, 0.717) is 6.04 Å². The molecule has 0 bridgehead atoms. The summed E-state index contributed by atoms with van der Waals surface area (Å²) in [4.78, 5) is 0. The van der Waals surface area contributed by atoms with Crippen molar-refractivity contribution in [3.05, 3.63) is 29.3 Å². The highest BCUT2D eigenvalue weighted by Crippen LogP contribution is 2.21. The standard InChI is InChI=1S/C15H24N2O/c1-11-5-6-14(18-4)12(7-11)9-16-13-8-15(2,3)17-10-13/h5-7,13,16-17H,8-10H2,1-4H3. The van der Waals surface area contributed by atoms with Crippen LogP contribution in [0.1, 0.15) is 31.4 Å². The van der Waals surface area contributed by atoms with Crippen molar-refractivity contribution < 1.29 is 4.74 Å². The van der Waals surface area contributed by atoms with Crippen molar-refractivity contribution in [2.24, 2.45) is 0 Å². The van der Waals surface area contributed by atoms with Gasteiger partial charge in [0.1, 0.15) is 5.75 Å². The Bertz CT molecular complexity index is 415. The number of rotatable bonds is 4. The second-order valence-corrected chi connectivity index (χ2v) is 5.86. The van der Waals surface area contributed by atoms with E-state index in [1.54, 1.807) is 7.11 Å². The smallest absolute Gasteiger partial charge is 0.123 e. The summed E-state index contributed by atoms with van der Waals surface area (Å²) in [6.45, 7) is 8.53. The predicted octanol–water partition coefficient (Wildman–Crippen LogP) is 2.23. The minimum absolute atomic E-state index is 0.258. The van der Waals surface area contributed by atoms with Crippen LogP contribution in [-0.2, 0) is 6.54 Å². The van der Waals surface area contributed by atoms with Gasteiger partial charge >= 0.3 is 0 Å². The molecule has 1 heterocycles. The molecule has 0 amide bonds. The molecule has 18 heavy (non-hydrogen) atoms. The SMILES string of the molecule is COc1ccc(C)cc1CNC1CNC(C)(C)C1. The zero-order valence-electron chi connectivity index (χ0n) is 11.8. The maximum atomic E-state index is 5.40. The van der Waals surface area contributed by atoms with Crippen LogP contribution in [0.2, 0.25) is 0 Å². The summed E-state index contributed by atoms with van der Waals surface area (Å²) in [5.41, 5.74) is 2.77. The van der Waals surface area contributed by atoms with E-state index in [4.69, 9.17) is 4.74 Å². The molecule has 1 aliphatic heterocycles. The lowest BCUT2D eigenvalue weighted by atomic mass is 10.0. The molecule has 2 rings (SSSR count). The fourth-order valence-corrected chi connectivity index (χ4v) is 2.60. The molecular weight excluding hydrogens is 224 g/mol. The summed E-state index contributed by atoms with van der Waals surface area (Å²) in [5.74, 6) is 0.971. The number of hydrogen-bond donors (Lipinski definition) is 2. The van der Waals surface area contributed by atoms with Gasteiger partial charge in [0, 0.05) is 30.2 Å². The summed E-state index contributed by atoms with van der Waals surface area (Å²) < 4.78 is 5.40. The third-order valence-corrected chi connectivity index (χ3v) is 3.60. The Hall–Kier alpha value is -1.06. The van der Waals surface area contributed by atoms with Crippen LogP contribution < -0.4 is 15.4 Å². The van der Waals surface area contributed by atoms with Crippen molar-refractivity contribution in [2.45, 2.75) is 45.3 Å². The molecule has 100 valence electrons. The zero-order valence-corrected chi connectivity index (χ0v) is 11.8. The van der Waals surface area contributed by atoms with Crippen molar-refractivity contribution in [1.82, 2.24) is 10.6 Å². The first-order chi connectivity index (χ1) is 8.50. The van der Waals surface area contributed by atoms with Gasteiger partial charge in [-0.05, 0) is 33.3 Å². The Morgan fingerprint density at radius 1 is 1.44 bits per heavy atom. The van der Waals surface area contributed by atoms with Crippen LogP contribution >= 0.6 is 0 Å². The maximum Gasteiger partial charge on any atom is 0.123 e. The average Bonchev–Trinajstić information content (AvgIpc) is 2.66. The van der Waals surface area contributed by atoms with Gasteiger partial charge in [0.15, 0.2) is 0 Å². The van der Waals surface area contributed by atoms with Gasteiger partial charge < -0.3 is 15.4 Å². The van der Waals surface area contributed by atoms with Crippen molar-refractivity contribution in [2.75, 3.05) is 13.7 Å². The molecule has 1 aromatic carbocycles. The Kier molecular flexibility index (Phi) is 3.93. The molecule has 0 spiro atoms. The van der Waals surface area contributed by atoms with Crippen LogP contribution in [0.5, 0.6) is 5.75 Å². The summed E-state index contributed by atoms with van der Waals surface area (Å²) >= 11 is 0. The first kappa shape index (κ1) is 13.4. The number of ether oxygens (including phenoxy) is 1. The van der Waals surface area contributed by atoms with Gasteiger partial charge in [0.2, 0.25) is 0 Å². The van der Waals surface area contributed by atoms with Gasteiger partial charge in [-0.3, -0.25) is 0 Å². The Balaban J connectivity index is 1.96. The van der Waals surface area contributed by atoms with Crippen molar-refractivity contribution in [3.63, 3.8) is 0 Å². The zero-order chi connectivity index (χ0) is 13.2. The minimum atomic E-state index is 0.258. The second kappa shape index (κ2) is 5.29. The quantitative estimate of drug-likeness (QED) is 0.857. The second-order valence-electron chi connectivity index (χ2n) is 5.86. The summed E-state index contributed by atoms with van der Waals surface area (Å²) in [7, 11) is 1.73. The Labute approximate surface area is 110 Å². The van der Waals surface area contributed by atoms with E-state index in [1.807, 2.05) is 6.07 Å². The molecule has 0 aliphatic carbocycles. The maximum absolute atomic E-state index is 5.40. The van der Waals surface area contributed by atoms with Gasteiger partial charge in [-0.1, -0.05) is 17.7 Å². The van der Waals surface area contributed by atoms with E-state index in [2.05, 4.69) is 43.5 Å². The highest BCUT2D eigenvalue weighted by Gasteiger charge is 2.29. The van der Waals surface area contributed by atoms with Gasteiger partial charge in [-0.2, -0.15) is 0 Å². The number of methoxy groups -OCH3 is 1. The van der Waals surface area contributed by atoms with Crippen LogP contribution in [0.25, 0.3) is 0 Å². The molecule has 1 atom stereocenters. The van der Waals surface area contributed by atoms with Crippen LogP contribution in [0.15, 0.2) is 18.2 Å². The number of nitrogens with one attached hydrogen (secondary N) is 2. The number of aryl methyl sites for hydroxylation is 1. The van der Waals surface area contributed by atoms with E-state index in [9.17, 15) is 0 Å². The average molecular weight is 248 g/mol. The Morgan fingerprint density at radius 3 is 2.83 bits per heavy atom. The molecule has 0 aromatic heterocycles. The predicted molar refractivity (Wildman–Crippen MR) is 75.1 cm³/mol. The number of hydrogen-bond acceptors (Lipinski definition) is 3. The lowest BCUT2D eigenvalue weighted by Crippen LogP contribution is -2.31. The van der Waals surface area contributed by atoms with Gasteiger partial charge in [-0.15, -0.1) is 0 Å². The highest BCUT2D eigenvalue weighted by atomic mass is 16.5. The Morgan fingerprint density at radius 2 is 2.22 bits per heavy atom. The van der Waals surface area contributed by atoms with Crippen LogP contribution in [0, 0.1) is 6.92 Å². The van der Waals surface area contributed by atoms with E-state index in [0.717, 1.165) is 18.8 Å². The normalized spacial score (nSPS) is 22.1. The molecule has 1 fully saturated rings. The van der Waals surface area contributed by atoms with Crippen LogP contribution in [0.4, 0.5) is 0 Å². The van der Waals surface area contributed by atoms with Crippen molar-refractivity contribution >= 4 is 0 Å². The van der Waals surface area contributed by atoms with Gasteiger partial charge in [0.25, 0.3) is 0 Å². The third-order valence-electron chi connectivity index (χ3n) is 3.60. The monoisotopic (exact) mass is 248 g/mol. The first-order valence-electron chi connectivity index (χ1n) is 6.62. The van der Waals surface area contributed by atoms with E-state index >= 15 is 0 Å². The summed E-state index contributed by atoms with van der Waals surface area (Å²) in [5, 5.41) is 7.14. The lowest BCUT2D eigenvalue weighted by Gasteiger charge is -2.18. The molecule has 3 heteroatoms. The molecule has 2 N–H and O–H groups in total. The van der Waals surface area contributed by atoms with E-state index in [-0.39, 0.29) is 5.54 Å². The third kappa shape index (κ3) is 3.24. The molecule has 0 saturated carbocycles. The van der Waals surface area contributed by atoms with Gasteiger partial charge in [0.05, 0.1) is 7.11 Å². The van der Waals surface area contributed by atoms with Crippen molar-refractivity contribution in [1.29, 1.82) is 0 Å². The molecule has 1 aliphatic rings. The minimum Gasteiger partial charge on any atom is -0.496 e. The van der Waals surface area contributed by atoms with Gasteiger partial charge in [-0.25, -0.2) is 0 Å². The van der Waals surface area contributed by atoms with Crippen molar-refractivity contribution in [3.8, 4) is 5.75 Å². The first-order valence-corrected chi connectivity index (χ1v) is 6.62. The molecular formula is C15H24N2O. The fourth-order valence-electron chi connectivity index (χ4n) is 2.60. The summed E-state index contributed by atoms with van der Waals surface area (Å²) in [6, 6.07) is 6.87. The molecule has 3 nitrogen and oxygen atoms in total. The lowest BCUT2D eigenvalue weighted by molar-refractivity contribution is 0.403. The summed E-state index contributed by atoms with van der Waals surface area (Å²) in [6.07, 6.45) is 1.17.